The van der Waals surface area contributed by atoms with Gasteiger partial charge < -0.3 is 4.90 Å². The molecule has 3 rings (SSSR count). The highest BCUT2D eigenvalue weighted by atomic mass is 16.2. The number of aromatic amines is 1. The van der Waals surface area contributed by atoms with Crippen LogP contribution in [0.25, 0.3) is 11.3 Å². The van der Waals surface area contributed by atoms with Gasteiger partial charge in [-0.15, -0.1) is 0 Å². The molecule has 0 aliphatic rings. The maximum absolute atomic E-state index is 12.1. The van der Waals surface area contributed by atoms with Crippen molar-refractivity contribution in [1.29, 1.82) is 0 Å². The van der Waals surface area contributed by atoms with Gasteiger partial charge in [-0.1, -0.05) is 42.5 Å². The topological polar surface area (TPSA) is 73.4 Å². The Hall–Kier alpha value is -3.41. The van der Waals surface area contributed by atoms with Crippen LogP contribution < -0.4 is 10.3 Å². The van der Waals surface area contributed by atoms with Crippen molar-refractivity contribution in [2.75, 3.05) is 19.0 Å². The van der Waals surface area contributed by atoms with Crippen molar-refractivity contribution in [3.63, 3.8) is 0 Å². The molecule has 0 radical (unpaired) electrons. The number of anilines is 1. The minimum Gasteiger partial charge on any atom is -0.378 e. The first-order chi connectivity index (χ1) is 12.1. The zero-order valence-corrected chi connectivity index (χ0v) is 14.1. The van der Waals surface area contributed by atoms with Gasteiger partial charge in [-0.3, -0.25) is 9.89 Å². The third-order valence-corrected chi connectivity index (χ3v) is 3.68. The number of carbonyl (C=O) groups excluding carboxylic acids is 1. The van der Waals surface area contributed by atoms with Gasteiger partial charge in [0, 0.05) is 25.3 Å². The number of nitrogens with zero attached hydrogens (tertiary/aromatic N) is 3. The van der Waals surface area contributed by atoms with Crippen LogP contribution in [-0.2, 0) is 0 Å². The normalized spacial score (nSPS) is 10.8. The van der Waals surface area contributed by atoms with E-state index in [9.17, 15) is 4.79 Å². The summed E-state index contributed by atoms with van der Waals surface area (Å²) in [5.74, 6) is -0.337. The Kier molecular flexibility index (Phi) is 4.89. The number of benzene rings is 2. The summed E-state index contributed by atoms with van der Waals surface area (Å²) in [5, 5.41) is 10.9. The summed E-state index contributed by atoms with van der Waals surface area (Å²) in [6.07, 6.45) is 1.60. The van der Waals surface area contributed by atoms with Crippen LogP contribution in [0.2, 0.25) is 0 Å². The van der Waals surface area contributed by atoms with Crippen molar-refractivity contribution in [3.8, 4) is 11.3 Å². The van der Waals surface area contributed by atoms with Crippen LogP contribution in [0.4, 0.5) is 5.69 Å². The second kappa shape index (κ2) is 7.44. The van der Waals surface area contributed by atoms with E-state index < -0.39 is 0 Å². The fraction of sp³-hybridized carbons (Fsp3) is 0.105. The Morgan fingerprint density at radius 1 is 1.12 bits per heavy atom. The molecule has 0 atom stereocenters. The number of H-pyrrole nitrogens is 1. The van der Waals surface area contributed by atoms with Gasteiger partial charge in [0.2, 0.25) is 0 Å². The van der Waals surface area contributed by atoms with E-state index in [1.54, 1.807) is 12.3 Å². The number of hydrogen-bond donors (Lipinski definition) is 2. The van der Waals surface area contributed by atoms with Gasteiger partial charge >= 0.3 is 0 Å². The summed E-state index contributed by atoms with van der Waals surface area (Å²) >= 11 is 0. The number of hydrogen-bond acceptors (Lipinski definition) is 4. The van der Waals surface area contributed by atoms with Crippen molar-refractivity contribution < 1.29 is 4.79 Å². The standard InChI is InChI=1S/C19H19N5O/c1-24(2)16-10-8-14(9-11-16)13-20-23-19(25)18-12-17(21-22-18)15-6-4-3-5-7-15/h3-13H,1-2H3,(H,21,22)(H,23,25)/b20-13-. The van der Waals surface area contributed by atoms with Crippen LogP contribution >= 0.6 is 0 Å². The van der Waals surface area contributed by atoms with Crippen LogP contribution in [0.5, 0.6) is 0 Å². The highest BCUT2D eigenvalue weighted by Crippen LogP contribution is 2.16. The van der Waals surface area contributed by atoms with Crippen LogP contribution in [0.3, 0.4) is 0 Å². The van der Waals surface area contributed by atoms with E-state index in [2.05, 4.69) is 20.7 Å². The zero-order valence-electron chi connectivity index (χ0n) is 14.1. The monoisotopic (exact) mass is 333 g/mol. The SMILES string of the molecule is CN(C)c1ccc(/C=N\NC(=O)c2cc(-c3ccccc3)n[nH]2)cc1. The lowest BCUT2D eigenvalue weighted by molar-refractivity contribution is 0.0950. The van der Waals surface area contributed by atoms with Crippen molar-refractivity contribution in [1.82, 2.24) is 15.6 Å². The largest absolute Gasteiger partial charge is 0.378 e. The predicted octanol–water partition coefficient (Wildman–Crippen LogP) is 2.91. The molecule has 0 aliphatic carbocycles. The van der Waals surface area contributed by atoms with Crippen LogP contribution in [0, 0.1) is 0 Å². The molecule has 126 valence electrons. The molecule has 2 aromatic carbocycles. The smallest absolute Gasteiger partial charge is 0.289 e. The lowest BCUT2D eigenvalue weighted by Gasteiger charge is -2.11. The summed E-state index contributed by atoms with van der Waals surface area (Å²) in [6, 6.07) is 19.2. The number of carbonyl (C=O) groups is 1. The van der Waals surface area contributed by atoms with Crippen molar-refractivity contribution in [2.45, 2.75) is 0 Å². The molecule has 25 heavy (non-hydrogen) atoms. The van der Waals surface area contributed by atoms with E-state index in [-0.39, 0.29) is 5.91 Å². The summed E-state index contributed by atoms with van der Waals surface area (Å²) in [7, 11) is 3.97. The van der Waals surface area contributed by atoms with Gasteiger partial charge in [-0.2, -0.15) is 10.2 Å². The Bertz CT molecular complexity index is 866. The molecule has 1 heterocycles. The molecule has 2 N–H and O–H groups in total. The molecule has 1 aromatic heterocycles. The van der Waals surface area contributed by atoms with Gasteiger partial charge in [0.25, 0.3) is 5.91 Å². The first kappa shape index (κ1) is 16.4. The molecule has 0 aliphatic heterocycles. The van der Waals surface area contributed by atoms with Crippen molar-refractivity contribution in [2.24, 2.45) is 5.10 Å². The molecule has 6 nitrogen and oxygen atoms in total. The maximum Gasteiger partial charge on any atom is 0.289 e. The van der Waals surface area contributed by atoms with Gasteiger partial charge in [0.05, 0.1) is 11.9 Å². The quantitative estimate of drug-likeness (QED) is 0.557. The Morgan fingerprint density at radius 2 is 1.84 bits per heavy atom. The van der Waals surface area contributed by atoms with E-state index in [0.29, 0.717) is 11.4 Å². The van der Waals surface area contributed by atoms with Gasteiger partial charge in [-0.05, 0) is 23.8 Å². The highest BCUT2D eigenvalue weighted by Gasteiger charge is 2.09. The Balaban J connectivity index is 1.62. The van der Waals surface area contributed by atoms with E-state index in [1.165, 1.54) is 0 Å². The maximum atomic E-state index is 12.1. The average molecular weight is 333 g/mol. The summed E-state index contributed by atoms with van der Waals surface area (Å²) in [5.41, 5.74) is 6.53. The van der Waals surface area contributed by atoms with Gasteiger partial charge in [0.15, 0.2) is 0 Å². The van der Waals surface area contributed by atoms with Crippen LogP contribution in [0.1, 0.15) is 16.1 Å². The van der Waals surface area contributed by atoms with Gasteiger partial charge in [0.1, 0.15) is 5.69 Å². The second-order valence-corrected chi connectivity index (χ2v) is 5.72. The Morgan fingerprint density at radius 3 is 2.52 bits per heavy atom. The third-order valence-electron chi connectivity index (χ3n) is 3.68. The van der Waals surface area contributed by atoms with E-state index in [1.807, 2.05) is 73.6 Å². The first-order valence-electron chi connectivity index (χ1n) is 7.85. The van der Waals surface area contributed by atoms with E-state index in [0.717, 1.165) is 16.8 Å². The van der Waals surface area contributed by atoms with Crippen molar-refractivity contribution in [3.05, 3.63) is 71.9 Å². The Labute approximate surface area is 146 Å². The number of aromatic nitrogens is 2. The molecule has 0 fully saturated rings. The first-order valence-corrected chi connectivity index (χ1v) is 7.85. The van der Waals surface area contributed by atoms with Gasteiger partial charge in [-0.25, -0.2) is 5.43 Å². The van der Waals surface area contributed by atoms with Crippen LogP contribution in [0.15, 0.2) is 65.8 Å². The summed E-state index contributed by atoms with van der Waals surface area (Å²) in [6.45, 7) is 0. The molecule has 0 unspecified atom stereocenters. The predicted molar refractivity (Wildman–Crippen MR) is 99.9 cm³/mol. The van der Waals surface area contributed by atoms with E-state index >= 15 is 0 Å². The number of rotatable bonds is 5. The molecule has 0 saturated heterocycles. The molecule has 3 aromatic rings. The molecule has 0 saturated carbocycles. The summed E-state index contributed by atoms with van der Waals surface area (Å²) < 4.78 is 0. The summed E-state index contributed by atoms with van der Waals surface area (Å²) in [4.78, 5) is 14.1. The zero-order chi connectivity index (χ0) is 17.6. The minimum atomic E-state index is -0.337. The van der Waals surface area contributed by atoms with Crippen molar-refractivity contribution >= 4 is 17.8 Å². The third kappa shape index (κ3) is 4.11. The molecule has 0 spiro atoms. The fourth-order valence-electron chi connectivity index (χ4n) is 2.28. The minimum absolute atomic E-state index is 0.337. The number of amides is 1. The fourth-order valence-corrected chi connectivity index (χ4v) is 2.28. The molecular weight excluding hydrogens is 314 g/mol. The number of nitrogens with one attached hydrogen (secondary N) is 2. The average Bonchev–Trinajstić information content (AvgIpc) is 3.13. The lowest BCUT2D eigenvalue weighted by Crippen LogP contribution is -2.18. The molecular formula is C19H19N5O. The van der Waals surface area contributed by atoms with Crippen LogP contribution in [-0.4, -0.2) is 36.4 Å². The molecule has 6 heteroatoms. The highest BCUT2D eigenvalue weighted by molar-refractivity contribution is 5.94. The number of hydrazone groups is 1. The second-order valence-electron chi connectivity index (χ2n) is 5.72. The molecule has 1 amide bonds. The van der Waals surface area contributed by atoms with E-state index in [4.69, 9.17) is 0 Å². The lowest BCUT2D eigenvalue weighted by atomic mass is 10.1. The molecule has 0 bridgehead atoms.